The maximum absolute atomic E-state index is 6.04. The molecule has 2 N–H and O–H groups in total. The lowest BCUT2D eigenvalue weighted by Crippen LogP contribution is -2.30. The number of aryl methyl sites for hydroxylation is 1. The predicted octanol–water partition coefficient (Wildman–Crippen LogP) is 3.97. The first-order chi connectivity index (χ1) is 13.8. The first-order valence-corrected chi connectivity index (χ1v) is 10.2. The third-order valence-electron chi connectivity index (χ3n) is 5.34. The molecular weight excluding hydrogens is 348 g/mol. The van der Waals surface area contributed by atoms with Gasteiger partial charge in [-0.3, -0.25) is 0 Å². The molecule has 0 aliphatic carbocycles. The SMILES string of the molecule is Cc1cccc(CCNc2ncnc3cc(OCC4CCNCC4)ccc23)c1. The zero-order valence-electron chi connectivity index (χ0n) is 16.4. The fourth-order valence-corrected chi connectivity index (χ4v) is 3.72. The van der Waals surface area contributed by atoms with Gasteiger partial charge in [-0.15, -0.1) is 0 Å². The molecule has 4 rings (SSSR count). The van der Waals surface area contributed by atoms with E-state index in [1.165, 1.54) is 24.0 Å². The van der Waals surface area contributed by atoms with E-state index in [4.69, 9.17) is 4.74 Å². The lowest BCUT2D eigenvalue weighted by molar-refractivity contribution is 0.215. The minimum Gasteiger partial charge on any atom is -0.493 e. The van der Waals surface area contributed by atoms with Crippen molar-refractivity contribution in [2.75, 3.05) is 31.6 Å². The highest BCUT2D eigenvalue weighted by Gasteiger charge is 2.14. The topological polar surface area (TPSA) is 59.1 Å². The number of rotatable bonds is 7. The lowest BCUT2D eigenvalue weighted by atomic mass is 9.99. The molecule has 2 heterocycles. The molecule has 0 spiro atoms. The molecule has 2 aromatic carbocycles. The zero-order chi connectivity index (χ0) is 19.2. The van der Waals surface area contributed by atoms with Gasteiger partial charge in [0.05, 0.1) is 12.1 Å². The monoisotopic (exact) mass is 376 g/mol. The summed E-state index contributed by atoms with van der Waals surface area (Å²) in [5.74, 6) is 2.40. The molecule has 0 radical (unpaired) electrons. The highest BCUT2D eigenvalue weighted by molar-refractivity contribution is 5.89. The van der Waals surface area contributed by atoms with E-state index < -0.39 is 0 Å². The van der Waals surface area contributed by atoms with Crippen LogP contribution < -0.4 is 15.4 Å². The van der Waals surface area contributed by atoms with Crippen molar-refractivity contribution in [3.05, 3.63) is 59.9 Å². The zero-order valence-corrected chi connectivity index (χ0v) is 16.4. The van der Waals surface area contributed by atoms with E-state index in [1.54, 1.807) is 6.33 Å². The van der Waals surface area contributed by atoms with Crippen LogP contribution in [-0.4, -0.2) is 36.2 Å². The van der Waals surface area contributed by atoms with Crippen LogP contribution in [-0.2, 0) is 6.42 Å². The van der Waals surface area contributed by atoms with E-state index in [0.29, 0.717) is 5.92 Å². The number of hydrogen-bond acceptors (Lipinski definition) is 5. The van der Waals surface area contributed by atoms with E-state index in [-0.39, 0.29) is 0 Å². The van der Waals surface area contributed by atoms with Crippen molar-refractivity contribution in [2.45, 2.75) is 26.2 Å². The Kier molecular flexibility index (Phi) is 6.02. The van der Waals surface area contributed by atoms with Crippen LogP contribution in [0.2, 0.25) is 0 Å². The van der Waals surface area contributed by atoms with Gasteiger partial charge in [0.1, 0.15) is 17.9 Å². The van der Waals surface area contributed by atoms with Gasteiger partial charge < -0.3 is 15.4 Å². The summed E-state index contributed by atoms with van der Waals surface area (Å²) in [4.78, 5) is 8.87. The molecule has 3 aromatic rings. The van der Waals surface area contributed by atoms with Crippen LogP contribution in [0.3, 0.4) is 0 Å². The minimum absolute atomic E-state index is 0.640. The number of fused-ring (bicyclic) bond motifs is 1. The Bertz CT molecular complexity index is 921. The summed E-state index contributed by atoms with van der Waals surface area (Å²) in [6.07, 6.45) is 4.95. The molecule has 0 bridgehead atoms. The number of ether oxygens (including phenoxy) is 1. The molecule has 146 valence electrons. The summed E-state index contributed by atoms with van der Waals surface area (Å²) in [6, 6.07) is 14.7. The van der Waals surface area contributed by atoms with Crippen LogP contribution in [0.15, 0.2) is 48.8 Å². The highest BCUT2D eigenvalue weighted by Crippen LogP contribution is 2.25. The van der Waals surface area contributed by atoms with Crippen molar-refractivity contribution >= 4 is 16.7 Å². The van der Waals surface area contributed by atoms with Crippen molar-refractivity contribution in [3.8, 4) is 5.75 Å². The molecule has 5 nitrogen and oxygen atoms in total. The number of benzene rings is 2. The number of piperidine rings is 1. The molecule has 1 aromatic heterocycles. The molecule has 0 atom stereocenters. The van der Waals surface area contributed by atoms with Crippen molar-refractivity contribution < 1.29 is 4.74 Å². The minimum atomic E-state index is 0.640. The number of aromatic nitrogens is 2. The Labute approximate surface area is 166 Å². The van der Waals surface area contributed by atoms with Crippen LogP contribution >= 0.6 is 0 Å². The molecule has 28 heavy (non-hydrogen) atoms. The first-order valence-electron chi connectivity index (χ1n) is 10.2. The highest BCUT2D eigenvalue weighted by atomic mass is 16.5. The van der Waals surface area contributed by atoms with Crippen molar-refractivity contribution in [1.29, 1.82) is 0 Å². The maximum atomic E-state index is 6.04. The molecule has 0 saturated carbocycles. The van der Waals surface area contributed by atoms with Crippen LogP contribution in [0.25, 0.3) is 10.9 Å². The van der Waals surface area contributed by atoms with E-state index in [2.05, 4.69) is 57.9 Å². The van der Waals surface area contributed by atoms with Crippen molar-refractivity contribution in [3.63, 3.8) is 0 Å². The van der Waals surface area contributed by atoms with Gasteiger partial charge in [-0.25, -0.2) is 9.97 Å². The number of hydrogen-bond donors (Lipinski definition) is 2. The number of nitrogens with zero attached hydrogens (tertiary/aromatic N) is 2. The summed E-state index contributed by atoms with van der Waals surface area (Å²) in [5.41, 5.74) is 3.54. The molecular formula is C23H28N4O. The summed E-state index contributed by atoms with van der Waals surface area (Å²) in [6.45, 7) is 5.93. The van der Waals surface area contributed by atoms with E-state index in [1.807, 2.05) is 12.1 Å². The summed E-state index contributed by atoms with van der Waals surface area (Å²) >= 11 is 0. The Morgan fingerprint density at radius 1 is 1.11 bits per heavy atom. The van der Waals surface area contributed by atoms with Crippen LogP contribution in [0.1, 0.15) is 24.0 Å². The Morgan fingerprint density at radius 2 is 2.00 bits per heavy atom. The van der Waals surface area contributed by atoms with Gasteiger partial charge in [-0.2, -0.15) is 0 Å². The molecule has 0 amide bonds. The lowest BCUT2D eigenvalue weighted by Gasteiger charge is -2.22. The third kappa shape index (κ3) is 4.78. The predicted molar refractivity (Wildman–Crippen MR) is 114 cm³/mol. The van der Waals surface area contributed by atoms with E-state index in [0.717, 1.165) is 55.1 Å². The van der Waals surface area contributed by atoms with Gasteiger partial charge in [-0.1, -0.05) is 29.8 Å². The van der Waals surface area contributed by atoms with E-state index in [9.17, 15) is 0 Å². The third-order valence-corrected chi connectivity index (χ3v) is 5.34. The average Bonchev–Trinajstić information content (AvgIpc) is 2.73. The summed E-state index contributed by atoms with van der Waals surface area (Å²) in [5, 5.41) is 7.88. The fraction of sp³-hybridized carbons (Fsp3) is 0.391. The first kappa shape index (κ1) is 18.7. The van der Waals surface area contributed by atoms with Gasteiger partial charge in [-0.05, 0) is 62.9 Å². The average molecular weight is 377 g/mol. The molecule has 0 unspecified atom stereocenters. The normalized spacial score (nSPS) is 14.9. The smallest absolute Gasteiger partial charge is 0.137 e. The van der Waals surface area contributed by atoms with Crippen molar-refractivity contribution in [1.82, 2.24) is 15.3 Å². The molecule has 5 heteroatoms. The van der Waals surface area contributed by atoms with Gasteiger partial charge in [0.25, 0.3) is 0 Å². The second-order valence-electron chi connectivity index (χ2n) is 7.57. The van der Waals surface area contributed by atoms with Crippen LogP contribution in [0.4, 0.5) is 5.82 Å². The van der Waals surface area contributed by atoms with Crippen molar-refractivity contribution in [2.24, 2.45) is 5.92 Å². The Hall–Kier alpha value is -2.66. The molecule has 1 saturated heterocycles. The second-order valence-corrected chi connectivity index (χ2v) is 7.57. The summed E-state index contributed by atoms with van der Waals surface area (Å²) < 4.78 is 6.04. The summed E-state index contributed by atoms with van der Waals surface area (Å²) in [7, 11) is 0. The fourth-order valence-electron chi connectivity index (χ4n) is 3.72. The number of nitrogens with one attached hydrogen (secondary N) is 2. The Balaban J connectivity index is 1.38. The molecule has 1 fully saturated rings. The number of anilines is 1. The second kappa shape index (κ2) is 9.02. The maximum Gasteiger partial charge on any atom is 0.137 e. The molecule has 1 aliphatic rings. The van der Waals surface area contributed by atoms with Gasteiger partial charge in [0.15, 0.2) is 0 Å². The quantitative estimate of drug-likeness (QED) is 0.653. The van der Waals surface area contributed by atoms with Gasteiger partial charge >= 0.3 is 0 Å². The van der Waals surface area contributed by atoms with Gasteiger partial charge in [0.2, 0.25) is 0 Å². The van der Waals surface area contributed by atoms with E-state index >= 15 is 0 Å². The van der Waals surface area contributed by atoms with Gasteiger partial charge in [0, 0.05) is 18.0 Å². The van der Waals surface area contributed by atoms with Crippen LogP contribution in [0.5, 0.6) is 5.75 Å². The Morgan fingerprint density at radius 3 is 2.86 bits per heavy atom. The van der Waals surface area contributed by atoms with Crippen LogP contribution in [0, 0.1) is 12.8 Å². The standard InChI is InChI=1S/C23H28N4O/c1-17-3-2-4-18(13-17)9-12-25-23-21-6-5-20(14-22(21)26-16-27-23)28-15-19-7-10-24-11-8-19/h2-6,13-14,16,19,24H,7-12,15H2,1H3,(H,25,26,27). The largest absolute Gasteiger partial charge is 0.493 e. The molecule has 1 aliphatic heterocycles.